The van der Waals surface area contributed by atoms with Crippen molar-refractivity contribution < 1.29 is 13.2 Å². The fourth-order valence-electron chi connectivity index (χ4n) is 2.63. The lowest BCUT2D eigenvalue weighted by Crippen LogP contribution is -2.40. The van der Waals surface area contributed by atoms with Crippen molar-refractivity contribution in [3.8, 4) is 0 Å². The number of piperidine rings is 1. The van der Waals surface area contributed by atoms with E-state index < -0.39 is 10.0 Å². The number of benzene rings is 1. The molecule has 1 saturated heterocycles. The molecule has 1 aromatic carbocycles. The third kappa shape index (κ3) is 6.12. The Bertz CT molecular complexity index is 628. The lowest BCUT2D eigenvalue weighted by molar-refractivity contribution is -0.120. The maximum atomic E-state index is 12.1. The van der Waals surface area contributed by atoms with Gasteiger partial charge in [0.25, 0.3) is 0 Å². The van der Waals surface area contributed by atoms with Crippen molar-refractivity contribution in [3.63, 3.8) is 0 Å². The molecule has 0 aliphatic carbocycles. The minimum absolute atomic E-state index is 0.0318. The van der Waals surface area contributed by atoms with Crippen LogP contribution in [0.15, 0.2) is 24.3 Å². The third-order valence-electron chi connectivity index (χ3n) is 3.92. The second kappa shape index (κ2) is 8.66. The lowest BCUT2D eigenvalue weighted by atomic mass is 10.1. The average Bonchev–Trinajstić information content (AvgIpc) is 2.54. The van der Waals surface area contributed by atoms with E-state index in [2.05, 4.69) is 5.32 Å². The zero-order chi connectivity index (χ0) is 16.7. The number of rotatable bonds is 7. The van der Waals surface area contributed by atoms with Gasteiger partial charge < -0.3 is 5.32 Å². The molecule has 1 aliphatic heterocycles. The summed E-state index contributed by atoms with van der Waals surface area (Å²) in [5.74, 6) is -0.172. The molecule has 1 aliphatic rings. The lowest BCUT2D eigenvalue weighted by Gasteiger charge is -2.25. The van der Waals surface area contributed by atoms with E-state index in [4.69, 9.17) is 11.6 Å². The van der Waals surface area contributed by atoms with Crippen LogP contribution in [-0.4, -0.2) is 44.0 Å². The molecule has 2 rings (SSSR count). The molecule has 1 fully saturated rings. The number of halogens is 1. The molecule has 0 bridgehead atoms. The monoisotopic (exact) mass is 358 g/mol. The van der Waals surface area contributed by atoms with Crippen LogP contribution in [0.1, 0.15) is 31.2 Å². The molecule has 0 unspecified atom stereocenters. The highest BCUT2D eigenvalue weighted by Gasteiger charge is 2.23. The molecule has 128 valence electrons. The third-order valence-corrected chi connectivity index (χ3v) is 6.03. The summed E-state index contributed by atoms with van der Waals surface area (Å²) < 4.78 is 25.8. The van der Waals surface area contributed by atoms with Gasteiger partial charge in [0.1, 0.15) is 0 Å². The van der Waals surface area contributed by atoms with E-state index in [1.807, 2.05) is 18.2 Å². The molecule has 23 heavy (non-hydrogen) atoms. The molecule has 1 N–H and O–H groups in total. The Labute approximate surface area is 143 Å². The van der Waals surface area contributed by atoms with Crippen LogP contribution in [0.4, 0.5) is 0 Å². The summed E-state index contributed by atoms with van der Waals surface area (Å²) >= 11 is 5.90. The maximum absolute atomic E-state index is 12.1. The summed E-state index contributed by atoms with van der Waals surface area (Å²) in [4.78, 5) is 11.8. The van der Waals surface area contributed by atoms with Crippen molar-refractivity contribution in [1.82, 2.24) is 9.62 Å². The molecule has 5 nitrogen and oxygen atoms in total. The Morgan fingerprint density at radius 3 is 2.65 bits per heavy atom. The van der Waals surface area contributed by atoms with Gasteiger partial charge in [0.2, 0.25) is 15.9 Å². The zero-order valence-corrected chi connectivity index (χ0v) is 14.7. The first-order chi connectivity index (χ1) is 11.0. The van der Waals surface area contributed by atoms with E-state index in [1.54, 1.807) is 6.07 Å². The number of nitrogens with zero attached hydrogens (tertiary/aromatic N) is 1. The Kier molecular flexibility index (Phi) is 6.87. The van der Waals surface area contributed by atoms with Crippen LogP contribution in [0, 0.1) is 0 Å². The number of hydrogen-bond acceptors (Lipinski definition) is 3. The van der Waals surface area contributed by atoms with Crippen molar-refractivity contribution in [2.24, 2.45) is 0 Å². The second-order valence-corrected chi connectivity index (χ2v) is 8.28. The predicted octanol–water partition coefficient (Wildman–Crippen LogP) is 2.20. The van der Waals surface area contributed by atoms with Gasteiger partial charge in [-0.25, -0.2) is 12.7 Å². The van der Waals surface area contributed by atoms with Crippen molar-refractivity contribution in [2.75, 3.05) is 25.4 Å². The molecule has 0 radical (unpaired) electrons. The van der Waals surface area contributed by atoms with Gasteiger partial charge in [0.15, 0.2) is 0 Å². The average molecular weight is 359 g/mol. The number of sulfonamides is 1. The fraction of sp³-hybridized carbons (Fsp3) is 0.562. The normalized spacial score (nSPS) is 16.2. The summed E-state index contributed by atoms with van der Waals surface area (Å²) in [5, 5.41) is 3.33. The zero-order valence-electron chi connectivity index (χ0n) is 13.1. The fourth-order valence-corrected chi connectivity index (χ4v) is 4.28. The Morgan fingerprint density at radius 1 is 1.22 bits per heavy atom. The van der Waals surface area contributed by atoms with E-state index in [1.165, 1.54) is 4.31 Å². The van der Waals surface area contributed by atoms with E-state index in [9.17, 15) is 13.2 Å². The van der Waals surface area contributed by atoms with Crippen LogP contribution in [0.25, 0.3) is 0 Å². The summed E-state index contributed by atoms with van der Waals surface area (Å²) in [6, 6.07) is 7.38. The van der Waals surface area contributed by atoms with Crippen LogP contribution in [-0.2, 0) is 21.2 Å². The van der Waals surface area contributed by atoms with E-state index in [-0.39, 0.29) is 18.2 Å². The quantitative estimate of drug-likeness (QED) is 0.812. The molecule has 0 aromatic heterocycles. The van der Waals surface area contributed by atoms with Gasteiger partial charge in [-0.05, 0) is 37.0 Å². The molecular weight excluding hydrogens is 336 g/mol. The second-order valence-electron chi connectivity index (χ2n) is 5.76. The van der Waals surface area contributed by atoms with E-state index in [0.717, 1.165) is 24.8 Å². The predicted molar refractivity (Wildman–Crippen MR) is 92.0 cm³/mol. The Hall–Kier alpha value is -1.11. The SMILES string of the molecule is O=C(CCc1cccc(Cl)c1)NCCS(=O)(=O)N1CCCCC1. The van der Waals surface area contributed by atoms with Crippen LogP contribution >= 0.6 is 11.6 Å². The number of nitrogens with one attached hydrogen (secondary N) is 1. The molecule has 0 spiro atoms. The van der Waals surface area contributed by atoms with Crippen molar-refractivity contribution in [1.29, 1.82) is 0 Å². The van der Waals surface area contributed by atoms with E-state index in [0.29, 0.717) is 31.0 Å². The van der Waals surface area contributed by atoms with Crippen LogP contribution in [0.3, 0.4) is 0 Å². The van der Waals surface area contributed by atoms with Crippen LogP contribution in [0.5, 0.6) is 0 Å². The number of carbonyl (C=O) groups excluding carboxylic acids is 1. The smallest absolute Gasteiger partial charge is 0.220 e. The first kappa shape index (κ1) is 18.2. The standard InChI is InChI=1S/C16H23ClN2O3S/c17-15-6-4-5-14(13-15)7-8-16(20)18-9-12-23(21,22)19-10-2-1-3-11-19/h4-6,13H,1-3,7-12H2,(H,18,20). The summed E-state index contributed by atoms with van der Waals surface area (Å²) in [6.07, 6.45) is 3.85. The number of amides is 1. The van der Waals surface area contributed by atoms with Gasteiger partial charge >= 0.3 is 0 Å². The summed E-state index contributed by atoms with van der Waals surface area (Å²) in [7, 11) is -3.25. The molecule has 1 heterocycles. The minimum atomic E-state index is -3.25. The highest BCUT2D eigenvalue weighted by atomic mass is 35.5. The van der Waals surface area contributed by atoms with Crippen LogP contribution < -0.4 is 5.32 Å². The highest BCUT2D eigenvalue weighted by Crippen LogP contribution is 2.13. The van der Waals surface area contributed by atoms with Crippen molar-refractivity contribution in [3.05, 3.63) is 34.9 Å². The first-order valence-corrected chi connectivity index (χ1v) is 9.95. The van der Waals surface area contributed by atoms with Gasteiger partial charge in [0.05, 0.1) is 5.75 Å². The molecular formula is C16H23ClN2O3S. The van der Waals surface area contributed by atoms with E-state index >= 15 is 0 Å². The first-order valence-electron chi connectivity index (χ1n) is 7.96. The summed E-state index contributed by atoms with van der Waals surface area (Å²) in [6.45, 7) is 1.36. The van der Waals surface area contributed by atoms with Gasteiger partial charge in [-0.15, -0.1) is 0 Å². The van der Waals surface area contributed by atoms with Gasteiger partial charge in [0, 0.05) is 31.1 Å². The highest BCUT2D eigenvalue weighted by molar-refractivity contribution is 7.89. The number of carbonyl (C=O) groups is 1. The van der Waals surface area contributed by atoms with Crippen molar-refractivity contribution >= 4 is 27.5 Å². The van der Waals surface area contributed by atoms with Gasteiger partial charge in [-0.3, -0.25) is 4.79 Å². The van der Waals surface area contributed by atoms with Gasteiger partial charge in [-0.2, -0.15) is 0 Å². The number of aryl methyl sites for hydroxylation is 1. The minimum Gasteiger partial charge on any atom is -0.355 e. The Balaban J connectivity index is 1.70. The molecule has 1 amide bonds. The molecule has 0 saturated carbocycles. The topological polar surface area (TPSA) is 66.5 Å². The Morgan fingerprint density at radius 2 is 1.96 bits per heavy atom. The molecule has 1 aromatic rings. The number of hydrogen-bond donors (Lipinski definition) is 1. The summed E-state index contributed by atoms with van der Waals surface area (Å²) in [5.41, 5.74) is 0.994. The van der Waals surface area contributed by atoms with Crippen molar-refractivity contribution in [2.45, 2.75) is 32.1 Å². The maximum Gasteiger partial charge on any atom is 0.220 e. The largest absolute Gasteiger partial charge is 0.355 e. The van der Waals surface area contributed by atoms with Gasteiger partial charge in [-0.1, -0.05) is 30.2 Å². The van der Waals surface area contributed by atoms with Crippen LogP contribution in [0.2, 0.25) is 5.02 Å². The molecule has 7 heteroatoms. The molecule has 0 atom stereocenters.